The lowest BCUT2D eigenvalue weighted by atomic mass is 9.70. The second kappa shape index (κ2) is 3.09. The second-order valence-electron chi connectivity index (χ2n) is 4.62. The van der Waals surface area contributed by atoms with Crippen molar-refractivity contribution < 1.29 is 14.6 Å². The van der Waals surface area contributed by atoms with Gasteiger partial charge in [-0.3, -0.25) is 4.79 Å². The molecule has 3 heteroatoms. The Hall–Kier alpha value is -0.830. The third-order valence-electron chi connectivity index (χ3n) is 3.36. The monoisotopic (exact) mass is 196 g/mol. The Balaban J connectivity index is 2.24. The van der Waals surface area contributed by atoms with Crippen LogP contribution in [0.4, 0.5) is 0 Å². The van der Waals surface area contributed by atoms with E-state index in [9.17, 15) is 9.90 Å². The molecule has 0 aliphatic carbocycles. The number of rotatable bonds is 3. The minimum absolute atomic E-state index is 0.0818. The molecular weight excluding hydrogens is 180 g/mol. The molecule has 0 aromatic rings. The molecule has 1 N–H and O–H groups in total. The zero-order valence-electron chi connectivity index (χ0n) is 8.45. The zero-order chi connectivity index (χ0) is 10.3. The molecule has 0 spiro atoms. The first-order chi connectivity index (χ1) is 6.54. The number of aliphatic carboxylic acids is 1. The molecule has 0 saturated carbocycles. The van der Waals surface area contributed by atoms with E-state index in [-0.39, 0.29) is 12.2 Å². The topological polar surface area (TPSA) is 46.5 Å². The Labute approximate surface area is 83.8 Å². The minimum atomic E-state index is -0.715. The summed E-state index contributed by atoms with van der Waals surface area (Å²) < 4.78 is 5.63. The van der Waals surface area contributed by atoms with Gasteiger partial charge in [0.2, 0.25) is 0 Å². The lowest BCUT2D eigenvalue weighted by Crippen LogP contribution is -2.40. The predicted octanol–water partition coefficient (Wildman–Crippen LogP) is 1.97. The summed E-state index contributed by atoms with van der Waals surface area (Å²) in [6.45, 7) is 5.70. The molecule has 2 aliphatic rings. The molecule has 2 aliphatic heterocycles. The van der Waals surface area contributed by atoms with Crippen LogP contribution in [-0.2, 0) is 9.53 Å². The fourth-order valence-corrected chi connectivity index (χ4v) is 2.83. The maximum atomic E-state index is 11.3. The van der Waals surface area contributed by atoms with E-state index in [4.69, 9.17) is 4.74 Å². The first kappa shape index (κ1) is 9.71. The SMILES string of the molecule is C=C(C)CC1(C(=O)O)CC2CCC1O2. The summed E-state index contributed by atoms with van der Waals surface area (Å²) in [7, 11) is 0. The summed E-state index contributed by atoms with van der Waals surface area (Å²) >= 11 is 0. The van der Waals surface area contributed by atoms with Crippen LogP contribution in [-0.4, -0.2) is 23.3 Å². The summed E-state index contributed by atoms with van der Waals surface area (Å²) in [4.78, 5) is 11.3. The van der Waals surface area contributed by atoms with E-state index in [1.807, 2.05) is 6.92 Å². The van der Waals surface area contributed by atoms with Gasteiger partial charge in [0.1, 0.15) is 0 Å². The highest BCUT2D eigenvalue weighted by Crippen LogP contribution is 2.51. The Bertz CT molecular complexity index is 284. The van der Waals surface area contributed by atoms with Crippen molar-refractivity contribution in [3.63, 3.8) is 0 Å². The molecule has 3 nitrogen and oxygen atoms in total. The first-order valence-electron chi connectivity index (χ1n) is 5.08. The van der Waals surface area contributed by atoms with Gasteiger partial charge in [0.15, 0.2) is 0 Å². The molecule has 0 amide bonds. The number of ether oxygens (including phenoxy) is 1. The Kier molecular flexibility index (Phi) is 2.14. The average Bonchev–Trinajstić information content (AvgIpc) is 2.61. The largest absolute Gasteiger partial charge is 0.481 e. The Morgan fingerprint density at radius 1 is 1.64 bits per heavy atom. The van der Waals surface area contributed by atoms with E-state index in [2.05, 4.69) is 6.58 Å². The van der Waals surface area contributed by atoms with E-state index >= 15 is 0 Å². The van der Waals surface area contributed by atoms with Crippen molar-refractivity contribution in [2.45, 2.75) is 44.8 Å². The highest BCUT2D eigenvalue weighted by Gasteiger charge is 2.56. The van der Waals surface area contributed by atoms with Gasteiger partial charge in [-0.05, 0) is 32.6 Å². The van der Waals surface area contributed by atoms with E-state index in [1.54, 1.807) is 0 Å². The zero-order valence-corrected chi connectivity index (χ0v) is 8.45. The molecule has 3 unspecified atom stereocenters. The van der Waals surface area contributed by atoms with Gasteiger partial charge in [-0.2, -0.15) is 0 Å². The van der Waals surface area contributed by atoms with Gasteiger partial charge < -0.3 is 9.84 Å². The van der Waals surface area contributed by atoms with Crippen LogP contribution in [0.25, 0.3) is 0 Å². The van der Waals surface area contributed by atoms with E-state index in [0.29, 0.717) is 12.8 Å². The lowest BCUT2D eigenvalue weighted by molar-refractivity contribution is -0.152. The van der Waals surface area contributed by atoms with Gasteiger partial charge in [0.25, 0.3) is 0 Å². The molecule has 2 saturated heterocycles. The fourth-order valence-electron chi connectivity index (χ4n) is 2.83. The van der Waals surface area contributed by atoms with Crippen LogP contribution in [0, 0.1) is 5.41 Å². The van der Waals surface area contributed by atoms with Gasteiger partial charge in [-0.25, -0.2) is 0 Å². The fraction of sp³-hybridized carbons (Fsp3) is 0.727. The highest BCUT2D eigenvalue weighted by atomic mass is 16.5. The maximum Gasteiger partial charge on any atom is 0.312 e. The van der Waals surface area contributed by atoms with Crippen LogP contribution in [0.2, 0.25) is 0 Å². The third-order valence-corrected chi connectivity index (χ3v) is 3.36. The van der Waals surface area contributed by atoms with Gasteiger partial charge >= 0.3 is 5.97 Å². The summed E-state index contributed by atoms with van der Waals surface area (Å²) in [6.07, 6.45) is 3.24. The minimum Gasteiger partial charge on any atom is -0.481 e. The Morgan fingerprint density at radius 2 is 2.36 bits per heavy atom. The van der Waals surface area contributed by atoms with Crippen molar-refractivity contribution in [1.29, 1.82) is 0 Å². The number of carboxylic acid groups (broad SMARTS) is 1. The van der Waals surface area contributed by atoms with Gasteiger partial charge in [0.05, 0.1) is 17.6 Å². The van der Waals surface area contributed by atoms with Crippen LogP contribution in [0.5, 0.6) is 0 Å². The van der Waals surface area contributed by atoms with Crippen LogP contribution in [0.3, 0.4) is 0 Å². The van der Waals surface area contributed by atoms with E-state index in [1.165, 1.54) is 0 Å². The summed E-state index contributed by atoms with van der Waals surface area (Å²) in [5, 5.41) is 9.31. The number of hydrogen-bond donors (Lipinski definition) is 1. The van der Waals surface area contributed by atoms with Gasteiger partial charge in [-0.15, -0.1) is 6.58 Å². The second-order valence-corrected chi connectivity index (χ2v) is 4.62. The molecule has 0 aromatic heterocycles. The first-order valence-corrected chi connectivity index (χ1v) is 5.08. The molecule has 2 rings (SSSR count). The van der Waals surface area contributed by atoms with Crippen molar-refractivity contribution >= 4 is 5.97 Å². The maximum absolute atomic E-state index is 11.3. The summed E-state index contributed by atoms with van der Waals surface area (Å²) in [5.74, 6) is -0.715. The lowest BCUT2D eigenvalue weighted by Gasteiger charge is -2.30. The van der Waals surface area contributed by atoms with Crippen LogP contribution >= 0.6 is 0 Å². The van der Waals surface area contributed by atoms with Crippen molar-refractivity contribution in [2.75, 3.05) is 0 Å². The third kappa shape index (κ3) is 1.27. The van der Waals surface area contributed by atoms with Crippen LogP contribution < -0.4 is 0 Å². The molecule has 0 radical (unpaired) electrons. The normalized spacial score (nSPS) is 40.1. The number of carboxylic acids is 1. The molecule has 3 atom stereocenters. The van der Waals surface area contributed by atoms with E-state index in [0.717, 1.165) is 18.4 Å². The summed E-state index contributed by atoms with van der Waals surface area (Å²) in [5.41, 5.74) is 0.262. The molecule has 0 aromatic carbocycles. The molecular formula is C11H16O3. The average molecular weight is 196 g/mol. The standard InChI is InChI=1S/C11H16O3/c1-7(2)5-11(10(12)13)6-8-3-4-9(11)14-8/h8-9H,1,3-6H2,2H3,(H,12,13). The Morgan fingerprint density at radius 3 is 2.71 bits per heavy atom. The van der Waals surface area contributed by atoms with Gasteiger partial charge in [-0.1, -0.05) is 5.57 Å². The molecule has 2 bridgehead atoms. The smallest absolute Gasteiger partial charge is 0.312 e. The summed E-state index contributed by atoms with van der Waals surface area (Å²) in [6, 6.07) is 0. The number of carbonyl (C=O) groups is 1. The number of fused-ring (bicyclic) bond motifs is 2. The quantitative estimate of drug-likeness (QED) is 0.702. The molecule has 2 fully saturated rings. The predicted molar refractivity (Wildman–Crippen MR) is 52.0 cm³/mol. The van der Waals surface area contributed by atoms with Crippen molar-refractivity contribution in [3.05, 3.63) is 12.2 Å². The van der Waals surface area contributed by atoms with Crippen molar-refractivity contribution in [3.8, 4) is 0 Å². The van der Waals surface area contributed by atoms with Crippen LogP contribution in [0.15, 0.2) is 12.2 Å². The van der Waals surface area contributed by atoms with Crippen LogP contribution in [0.1, 0.15) is 32.6 Å². The van der Waals surface area contributed by atoms with Crippen molar-refractivity contribution in [2.24, 2.45) is 5.41 Å². The molecule has 78 valence electrons. The molecule has 2 heterocycles. The van der Waals surface area contributed by atoms with E-state index < -0.39 is 11.4 Å². The van der Waals surface area contributed by atoms with Crippen molar-refractivity contribution in [1.82, 2.24) is 0 Å². The van der Waals surface area contributed by atoms with Gasteiger partial charge in [0, 0.05) is 0 Å². The number of allylic oxidation sites excluding steroid dienone is 1. The highest BCUT2D eigenvalue weighted by molar-refractivity contribution is 5.76. The number of hydrogen-bond acceptors (Lipinski definition) is 2. The molecule has 14 heavy (non-hydrogen) atoms.